The lowest BCUT2D eigenvalue weighted by molar-refractivity contribution is -0.142. The number of amides is 1. The zero-order valence-corrected chi connectivity index (χ0v) is 10.8. The van der Waals surface area contributed by atoms with Crippen molar-refractivity contribution in [3.05, 3.63) is 29.8 Å². The fraction of sp³-hybridized carbons (Fsp3) is 0.429. The maximum absolute atomic E-state index is 11.6. The minimum absolute atomic E-state index is 0.00789. The van der Waals surface area contributed by atoms with E-state index in [0.717, 1.165) is 12.8 Å². The van der Waals surface area contributed by atoms with Gasteiger partial charge in [0.15, 0.2) is 0 Å². The van der Waals surface area contributed by atoms with Crippen molar-refractivity contribution < 1.29 is 14.7 Å². The molecule has 1 aromatic rings. The molecular weight excluding hydrogens is 230 g/mol. The lowest BCUT2D eigenvalue weighted by Crippen LogP contribution is -2.19. The Bertz CT molecular complexity index is 412. The molecule has 0 aliphatic carbocycles. The molecular formula is C14H19NO3. The highest BCUT2D eigenvalue weighted by Crippen LogP contribution is 2.12. The zero-order valence-electron chi connectivity index (χ0n) is 10.8. The second-order valence-corrected chi connectivity index (χ2v) is 4.44. The SMILES string of the molecule is CCCc1ccc(NC(=O)CC(C)C(=O)O)cc1. The Kier molecular flexibility index (Phi) is 5.36. The van der Waals surface area contributed by atoms with E-state index in [1.54, 1.807) is 0 Å². The van der Waals surface area contributed by atoms with Crippen molar-refractivity contribution in [2.45, 2.75) is 33.1 Å². The smallest absolute Gasteiger partial charge is 0.306 e. The fourth-order valence-electron chi connectivity index (χ4n) is 1.62. The van der Waals surface area contributed by atoms with Gasteiger partial charge >= 0.3 is 5.97 Å². The number of aryl methyl sites for hydroxylation is 1. The standard InChI is InChI=1S/C14H19NO3/c1-3-4-11-5-7-12(8-6-11)15-13(16)9-10(2)14(17)18/h5-8,10H,3-4,9H2,1-2H3,(H,15,16)(H,17,18). The summed E-state index contributed by atoms with van der Waals surface area (Å²) in [6.07, 6.45) is 2.10. The first-order valence-corrected chi connectivity index (χ1v) is 6.14. The average molecular weight is 249 g/mol. The highest BCUT2D eigenvalue weighted by atomic mass is 16.4. The normalized spacial score (nSPS) is 11.9. The molecule has 1 unspecified atom stereocenters. The van der Waals surface area contributed by atoms with Crippen LogP contribution in [-0.2, 0) is 16.0 Å². The Labute approximate surface area is 107 Å². The van der Waals surface area contributed by atoms with E-state index in [1.807, 2.05) is 24.3 Å². The summed E-state index contributed by atoms with van der Waals surface area (Å²) in [6, 6.07) is 7.63. The molecule has 18 heavy (non-hydrogen) atoms. The molecule has 4 nitrogen and oxygen atoms in total. The van der Waals surface area contributed by atoms with Crippen LogP contribution in [0.5, 0.6) is 0 Å². The van der Waals surface area contributed by atoms with Crippen molar-refractivity contribution in [1.29, 1.82) is 0 Å². The van der Waals surface area contributed by atoms with Gasteiger partial charge < -0.3 is 10.4 Å². The average Bonchev–Trinajstić information content (AvgIpc) is 2.31. The number of anilines is 1. The number of carbonyl (C=O) groups excluding carboxylic acids is 1. The summed E-state index contributed by atoms with van der Waals surface area (Å²) >= 11 is 0. The van der Waals surface area contributed by atoms with Crippen molar-refractivity contribution in [2.75, 3.05) is 5.32 Å². The third kappa shape index (κ3) is 4.57. The number of hydrogen-bond donors (Lipinski definition) is 2. The minimum atomic E-state index is -0.955. The van der Waals surface area contributed by atoms with E-state index in [0.29, 0.717) is 5.69 Å². The summed E-state index contributed by atoms with van der Waals surface area (Å²) in [5.41, 5.74) is 1.94. The number of rotatable bonds is 6. The summed E-state index contributed by atoms with van der Waals surface area (Å²) < 4.78 is 0. The molecule has 1 aromatic carbocycles. The predicted molar refractivity (Wildman–Crippen MR) is 70.5 cm³/mol. The Morgan fingerprint density at radius 2 is 1.89 bits per heavy atom. The van der Waals surface area contributed by atoms with E-state index < -0.39 is 11.9 Å². The lowest BCUT2D eigenvalue weighted by atomic mass is 10.1. The molecule has 0 aliphatic heterocycles. The number of hydrogen-bond acceptors (Lipinski definition) is 2. The molecule has 0 spiro atoms. The molecule has 0 radical (unpaired) electrons. The second-order valence-electron chi connectivity index (χ2n) is 4.44. The van der Waals surface area contributed by atoms with Crippen LogP contribution in [0.15, 0.2) is 24.3 Å². The van der Waals surface area contributed by atoms with Crippen molar-refractivity contribution >= 4 is 17.6 Å². The molecule has 0 saturated heterocycles. The molecule has 1 rings (SSSR count). The van der Waals surface area contributed by atoms with Crippen molar-refractivity contribution in [1.82, 2.24) is 0 Å². The van der Waals surface area contributed by atoms with Crippen LogP contribution in [-0.4, -0.2) is 17.0 Å². The molecule has 1 atom stereocenters. The van der Waals surface area contributed by atoms with Crippen molar-refractivity contribution in [2.24, 2.45) is 5.92 Å². The van der Waals surface area contributed by atoms with Gasteiger partial charge in [-0.3, -0.25) is 9.59 Å². The fourth-order valence-corrected chi connectivity index (χ4v) is 1.62. The van der Waals surface area contributed by atoms with Gasteiger partial charge in [-0.1, -0.05) is 32.4 Å². The van der Waals surface area contributed by atoms with E-state index in [9.17, 15) is 9.59 Å². The third-order valence-corrected chi connectivity index (χ3v) is 2.69. The van der Waals surface area contributed by atoms with Gasteiger partial charge in [0, 0.05) is 12.1 Å². The molecule has 4 heteroatoms. The topological polar surface area (TPSA) is 66.4 Å². The molecule has 0 bridgehead atoms. The minimum Gasteiger partial charge on any atom is -0.481 e. The van der Waals surface area contributed by atoms with Crippen molar-refractivity contribution in [3.8, 4) is 0 Å². The third-order valence-electron chi connectivity index (χ3n) is 2.69. The number of aliphatic carboxylic acids is 1. The first kappa shape index (κ1) is 14.2. The first-order valence-electron chi connectivity index (χ1n) is 6.14. The number of benzene rings is 1. The number of nitrogens with one attached hydrogen (secondary N) is 1. The van der Waals surface area contributed by atoms with Crippen LogP contribution in [0.2, 0.25) is 0 Å². The van der Waals surface area contributed by atoms with Crippen molar-refractivity contribution in [3.63, 3.8) is 0 Å². The molecule has 0 aliphatic rings. The summed E-state index contributed by atoms with van der Waals surface area (Å²) in [4.78, 5) is 22.2. The van der Waals surface area contributed by atoms with Crippen LogP contribution in [0.3, 0.4) is 0 Å². The van der Waals surface area contributed by atoms with Crippen LogP contribution in [0.25, 0.3) is 0 Å². The Morgan fingerprint density at radius 3 is 2.39 bits per heavy atom. The zero-order chi connectivity index (χ0) is 13.5. The van der Waals surface area contributed by atoms with Crippen LogP contribution < -0.4 is 5.32 Å². The summed E-state index contributed by atoms with van der Waals surface area (Å²) in [6.45, 7) is 3.63. The second kappa shape index (κ2) is 6.79. The summed E-state index contributed by atoms with van der Waals surface area (Å²) in [5.74, 6) is -1.89. The van der Waals surface area contributed by atoms with Crippen LogP contribution in [0.1, 0.15) is 32.3 Å². The summed E-state index contributed by atoms with van der Waals surface area (Å²) in [5, 5.41) is 11.4. The maximum atomic E-state index is 11.6. The Morgan fingerprint density at radius 1 is 1.28 bits per heavy atom. The molecule has 98 valence electrons. The molecule has 0 fully saturated rings. The monoisotopic (exact) mass is 249 g/mol. The molecule has 2 N–H and O–H groups in total. The first-order chi connectivity index (χ1) is 8.52. The molecule has 0 aromatic heterocycles. The van der Waals surface area contributed by atoms with Gasteiger partial charge in [-0.05, 0) is 24.1 Å². The summed E-state index contributed by atoms with van der Waals surface area (Å²) in [7, 11) is 0. The highest BCUT2D eigenvalue weighted by molar-refractivity contribution is 5.92. The van der Waals surface area contributed by atoms with Crippen LogP contribution >= 0.6 is 0 Å². The van der Waals surface area contributed by atoms with E-state index in [1.165, 1.54) is 12.5 Å². The van der Waals surface area contributed by atoms with Gasteiger partial charge in [0.25, 0.3) is 0 Å². The van der Waals surface area contributed by atoms with Gasteiger partial charge in [-0.25, -0.2) is 0 Å². The highest BCUT2D eigenvalue weighted by Gasteiger charge is 2.15. The Balaban J connectivity index is 2.51. The van der Waals surface area contributed by atoms with Gasteiger partial charge in [0.05, 0.1) is 5.92 Å². The van der Waals surface area contributed by atoms with Crippen LogP contribution in [0.4, 0.5) is 5.69 Å². The van der Waals surface area contributed by atoms with Crippen LogP contribution in [0, 0.1) is 5.92 Å². The quantitative estimate of drug-likeness (QED) is 0.814. The largest absolute Gasteiger partial charge is 0.481 e. The molecule has 0 heterocycles. The Hall–Kier alpha value is -1.84. The van der Waals surface area contributed by atoms with E-state index >= 15 is 0 Å². The van der Waals surface area contributed by atoms with E-state index in [4.69, 9.17) is 5.11 Å². The molecule has 0 saturated carbocycles. The predicted octanol–water partition coefficient (Wildman–Crippen LogP) is 2.69. The van der Waals surface area contributed by atoms with Gasteiger partial charge in [-0.2, -0.15) is 0 Å². The van der Waals surface area contributed by atoms with Gasteiger partial charge in [0.2, 0.25) is 5.91 Å². The molecule has 1 amide bonds. The van der Waals surface area contributed by atoms with Gasteiger partial charge in [-0.15, -0.1) is 0 Å². The number of carboxylic acid groups (broad SMARTS) is 1. The number of carbonyl (C=O) groups is 2. The number of carboxylic acids is 1. The van der Waals surface area contributed by atoms with E-state index in [2.05, 4.69) is 12.2 Å². The maximum Gasteiger partial charge on any atom is 0.306 e. The van der Waals surface area contributed by atoms with Gasteiger partial charge in [0.1, 0.15) is 0 Å². The lowest BCUT2D eigenvalue weighted by Gasteiger charge is -2.08. The van der Waals surface area contributed by atoms with E-state index in [-0.39, 0.29) is 12.3 Å².